The summed E-state index contributed by atoms with van der Waals surface area (Å²) < 4.78 is 40.0. The van der Waals surface area contributed by atoms with Crippen molar-refractivity contribution in [3.8, 4) is 0 Å². The van der Waals surface area contributed by atoms with Crippen LogP contribution >= 0.6 is 0 Å². The van der Waals surface area contributed by atoms with Crippen molar-refractivity contribution < 1.29 is 13.2 Å². The van der Waals surface area contributed by atoms with Gasteiger partial charge in [0.05, 0.1) is 11.4 Å². The third-order valence-corrected chi connectivity index (χ3v) is 3.45. The Labute approximate surface area is 106 Å². The van der Waals surface area contributed by atoms with E-state index in [4.69, 9.17) is 0 Å². The van der Waals surface area contributed by atoms with E-state index in [-0.39, 0.29) is 23.1 Å². The summed E-state index contributed by atoms with van der Waals surface area (Å²) >= 11 is 0. The van der Waals surface area contributed by atoms with Gasteiger partial charge in [0.2, 0.25) is 0 Å². The molecule has 3 nitrogen and oxygen atoms in total. The Morgan fingerprint density at radius 2 is 2.16 bits per heavy atom. The van der Waals surface area contributed by atoms with Gasteiger partial charge in [-0.05, 0) is 18.1 Å². The number of H-pyrrole nitrogens is 1. The Hall–Kier alpha value is -1.85. The third-order valence-electron chi connectivity index (χ3n) is 3.45. The number of halogens is 3. The number of nitrogens with one attached hydrogen (secondary N) is 1. The Morgan fingerprint density at radius 1 is 1.47 bits per heavy atom. The third kappa shape index (κ3) is 1.82. The molecule has 0 amide bonds. The molecule has 0 bridgehead atoms. The minimum absolute atomic E-state index is 0.0166. The Bertz CT molecular complexity index is 724. The number of aryl methyl sites for hydroxylation is 1. The van der Waals surface area contributed by atoms with E-state index in [0.29, 0.717) is 12.0 Å². The lowest BCUT2D eigenvalue weighted by atomic mass is 10.1. The molecular formula is C13H11F3N2O. The molecule has 1 atom stereocenters. The molecule has 3 rings (SSSR count). The number of fused-ring (bicyclic) bond motifs is 1. The number of alkyl halides is 2. The maximum Gasteiger partial charge on any atom is 0.270 e. The van der Waals surface area contributed by atoms with Crippen molar-refractivity contribution in [1.82, 2.24) is 9.97 Å². The molecular weight excluding hydrogens is 257 g/mol. The quantitative estimate of drug-likeness (QED) is 0.910. The minimum Gasteiger partial charge on any atom is -0.317 e. The highest BCUT2D eigenvalue weighted by molar-refractivity contribution is 5.75. The number of rotatable bonds is 2. The van der Waals surface area contributed by atoms with E-state index in [1.54, 1.807) is 13.0 Å². The predicted octanol–water partition coefficient (Wildman–Crippen LogP) is 2.75. The highest BCUT2D eigenvalue weighted by Crippen LogP contribution is 2.54. The van der Waals surface area contributed by atoms with Gasteiger partial charge in [0.1, 0.15) is 11.2 Å². The highest BCUT2D eigenvalue weighted by Gasteiger charge is 2.59. The van der Waals surface area contributed by atoms with Crippen molar-refractivity contribution >= 4 is 11.0 Å². The van der Waals surface area contributed by atoms with Gasteiger partial charge in [-0.15, -0.1) is 0 Å². The molecule has 0 radical (unpaired) electrons. The molecule has 100 valence electrons. The fourth-order valence-electron chi connectivity index (χ4n) is 2.20. The molecule has 2 aromatic rings. The predicted molar refractivity (Wildman–Crippen MR) is 64.0 cm³/mol. The molecule has 1 aromatic heterocycles. The molecule has 1 N–H and O–H groups in total. The van der Waals surface area contributed by atoms with E-state index in [2.05, 4.69) is 9.97 Å². The second kappa shape index (κ2) is 3.82. The fraction of sp³-hybridized carbons (Fsp3) is 0.385. The summed E-state index contributed by atoms with van der Waals surface area (Å²) in [5.74, 6) is -4.55. The van der Waals surface area contributed by atoms with E-state index >= 15 is 0 Å². The number of hydrogen-bond donors (Lipinski definition) is 1. The first-order valence-electron chi connectivity index (χ1n) is 6.03. The van der Waals surface area contributed by atoms with Gasteiger partial charge < -0.3 is 4.98 Å². The van der Waals surface area contributed by atoms with Crippen LogP contribution in [-0.4, -0.2) is 15.9 Å². The van der Waals surface area contributed by atoms with Crippen LogP contribution in [0.25, 0.3) is 11.0 Å². The lowest BCUT2D eigenvalue weighted by Gasteiger charge is -2.05. The topological polar surface area (TPSA) is 45.8 Å². The summed E-state index contributed by atoms with van der Waals surface area (Å²) in [6, 6.07) is 3.09. The Balaban J connectivity index is 2.20. The zero-order valence-corrected chi connectivity index (χ0v) is 10.1. The highest BCUT2D eigenvalue weighted by atomic mass is 19.3. The van der Waals surface area contributed by atoms with Gasteiger partial charge in [-0.25, -0.2) is 18.2 Å². The molecule has 1 saturated carbocycles. The molecule has 1 aromatic carbocycles. The van der Waals surface area contributed by atoms with Crippen molar-refractivity contribution in [2.75, 3.05) is 0 Å². The molecule has 1 fully saturated rings. The summed E-state index contributed by atoms with van der Waals surface area (Å²) in [6.45, 7) is 1.79. The van der Waals surface area contributed by atoms with Gasteiger partial charge in [0.15, 0.2) is 5.82 Å². The van der Waals surface area contributed by atoms with Crippen LogP contribution in [0.4, 0.5) is 13.2 Å². The smallest absolute Gasteiger partial charge is 0.270 e. The second-order valence-electron chi connectivity index (χ2n) is 4.76. The van der Waals surface area contributed by atoms with Crippen molar-refractivity contribution in [2.45, 2.75) is 31.6 Å². The molecule has 19 heavy (non-hydrogen) atoms. The van der Waals surface area contributed by atoms with Crippen molar-refractivity contribution in [3.63, 3.8) is 0 Å². The zero-order valence-electron chi connectivity index (χ0n) is 10.1. The second-order valence-corrected chi connectivity index (χ2v) is 4.76. The molecule has 0 aliphatic heterocycles. The van der Waals surface area contributed by atoms with Crippen LogP contribution in [0.3, 0.4) is 0 Å². The SMILES string of the molecule is CCc1ccc2nc([C@H]3CC3(F)F)c(=O)[nH]c2c1F. The van der Waals surface area contributed by atoms with Crippen molar-refractivity contribution in [2.24, 2.45) is 0 Å². The standard InChI is InChI=1S/C13H11F3N2O/c1-2-6-3-4-8-11(9(6)14)18-12(19)10(17-8)7-5-13(7,15)16/h3-4,7H,2,5H2,1H3,(H,18,19)/t7-/m1/s1. The van der Waals surface area contributed by atoms with E-state index in [1.165, 1.54) is 6.07 Å². The van der Waals surface area contributed by atoms with Crippen molar-refractivity contribution in [3.05, 3.63) is 39.6 Å². The normalized spacial score (nSPS) is 20.7. The van der Waals surface area contributed by atoms with E-state index in [0.717, 1.165) is 0 Å². The maximum absolute atomic E-state index is 14.0. The summed E-state index contributed by atoms with van der Waals surface area (Å²) in [6.07, 6.45) is 0.108. The van der Waals surface area contributed by atoms with Crippen LogP contribution in [0.15, 0.2) is 16.9 Å². The van der Waals surface area contributed by atoms with Crippen LogP contribution < -0.4 is 5.56 Å². The molecule has 1 aliphatic rings. The lowest BCUT2D eigenvalue weighted by Crippen LogP contribution is -2.17. The molecule has 1 heterocycles. The van der Waals surface area contributed by atoms with E-state index in [9.17, 15) is 18.0 Å². The van der Waals surface area contributed by atoms with Gasteiger partial charge >= 0.3 is 0 Å². The number of hydrogen-bond acceptors (Lipinski definition) is 2. The number of aromatic amines is 1. The summed E-state index contributed by atoms with van der Waals surface area (Å²) in [5, 5.41) is 0. The average Bonchev–Trinajstić information content (AvgIpc) is 2.99. The average molecular weight is 268 g/mol. The zero-order chi connectivity index (χ0) is 13.8. The molecule has 6 heteroatoms. The first-order valence-corrected chi connectivity index (χ1v) is 6.03. The van der Waals surface area contributed by atoms with E-state index in [1.807, 2.05) is 0 Å². The van der Waals surface area contributed by atoms with Crippen LogP contribution in [0.2, 0.25) is 0 Å². The first-order chi connectivity index (χ1) is 8.94. The summed E-state index contributed by atoms with van der Waals surface area (Å²) in [4.78, 5) is 18.0. The van der Waals surface area contributed by atoms with Gasteiger partial charge in [0.25, 0.3) is 11.5 Å². The lowest BCUT2D eigenvalue weighted by molar-refractivity contribution is 0.111. The van der Waals surface area contributed by atoms with Crippen LogP contribution in [0, 0.1) is 5.82 Å². The minimum atomic E-state index is -2.87. The van der Waals surface area contributed by atoms with Gasteiger partial charge in [0, 0.05) is 6.42 Å². The number of nitrogens with zero attached hydrogens (tertiary/aromatic N) is 1. The van der Waals surface area contributed by atoms with Crippen LogP contribution in [-0.2, 0) is 6.42 Å². The summed E-state index contributed by atoms with van der Waals surface area (Å²) in [5.41, 5.74) is -0.304. The van der Waals surface area contributed by atoms with Gasteiger partial charge in [-0.1, -0.05) is 13.0 Å². The molecule has 1 aliphatic carbocycles. The van der Waals surface area contributed by atoms with Gasteiger partial charge in [-0.3, -0.25) is 4.79 Å². The Kier molecular flexibility index (Phi) is 2.45. The number of aromatic nitrogens is 2. The number of benzene rings is 1. The maximum atomic E-state index is 14.0. The van der Waals surface area contributed by atoms with Crippen molar-refractivity contribution in [1.29, 1.82) is 0 Å². The van der Waals surface area contributed by atoms with E-state index < -0.39 is 23.2 Å². The van der Waals surface area contributed by atoms with Crippen LogP contribution in [0.1, 0.15) is 30.5 Å². The molecule has 0 spiro atoms. The molecule has 0 saturated heterocycles. The fourth-order valence-corrected chi connectivity index (χ4v) is 2.20. The van der Waals surface area contributed by atoms with Crippen LogP contribution in [0.5, 0.6) is 0 Å². The monoisotopic (exact) mass is 268 g/mol. The molecule has 0 unspecified atom stereocenters. The Morgan fingerprint density at radius 3 is 2.74 bits per heavy atom. The van der Waals surface area contributed by atoms with Gasteiger partial charge in [-0.2, -0.15) is 0 Å². The first kappa shape index (κ1) is 12.2. The summed E-state index contributed by atoms with van der Waals surface area (Å²) in [7, 11) is 0. The largest absolute Gasteiger partial charge is 0.317 e.